The molecule has 0 aliphatic heterocycles. The number of nitrogens with zero attached hydrogens (tertiary/aromatic N) is 1. The molecule has 0 spiro atoms. The molecule has 7 heteroatoms. The first-order valence-corrected chi connectivity index (χ1v) is 5.41. The summed E-state index contributed by atoms with van der Waals surface area (Å²) in [5.41, 5.74) is 5.67. The molecule has 1 aromatic heterocycles. The summed E-state index contributed by atoms with van der Waals surface area (Å²) < 4.78 is 25.6. The molecule has 1 heterocycles. The van der Waals surface area contributed by atoms with E-state index in [1.165, 1.54) is 0 Å². The Kier molecular flexibility index (Phi) is 4.54. The maximum atomic E-state index is 12.6. The number of hydrogen-bond donors (Lipinski definition) is 2. The van der Waals surface area contributed by atoms with Crippen molar-refractivity contribution in [1.82, 2.24) is 4.98 Å². The van der Waals surface area contributed by atoms with Crippen LogP contribution < -0.4 is 5.73 Å². The van der Waals surface area contributed by atoms with Gasteiger partial charge in [0, 0.05) is 21.9 Å². The summed E-state index contributed by atoms with van der Waals surface area (Å²) in [6.45, 7) is -0.0624. The zero-order chi connectivity index (χ0) is 12.3. The molecular weight excluding hydrogens is 333 g/mol. The van der Waals surface area contributed by atoms with Gasteiger partial charge in [-0.15, -0.1) is 0 Å². The molecule has 0 fully saturated rings. The fourth-order valence-corrected chi connectivity index (χ4v) is 2.11. The molecule has 0 radical (unpaired) electrons. The van der Waals surface area contributed by atoms with Gasteiger partial charge in [0.2, 0.25) is 0 Å². The largest absolute Gasteiger partial charge is 0.481 e. The summed E-state index contributed by atoms with van der Waals surface area (Å²) in [6, 6.07) is 0. The van der Waals surface area contributed by atoms with Crippen molar-refractivity contribution < 1.29 is 18.7 Å². The van der Waals surface area contributed by atoms with Gasteiger partial charge in [0.05, 0.1) is 12.1 Å². The van der Waals surface area contributed by atoms with Crippen LogP contribution in [0.3, 0.4) is 0 Å². The Balaban J connectivity index is 3.23. The van der Waals surface area contributed by atoms with Gasteiger partial charge in [0.15, 0.2) is 0 Å². The monoisotopic (exact) mass is 342 g/mol. The summed E-state index contributed by atoms with van der Waals surface area (Å²) in [5, 5.41) is 8.61. The number of carboxylic acid groups (broad SMARTS) is 1. The Morgan fingerprint density at radius 2 is 2.25 bits per heavy atom. The third-order valence-electron chi connectivity index (χ3n) is 1.98. The molecule has 4 nitrogen and oxygen atoms in total. The van der Waals surface area contributed by atoms with Gasteiger partial charge in [-0.05, 0) is 28.2 Å². The van der Waals surface area contributed by atoms with E-state index in [9.17, 15) is 13.6 Å². The standard InChI is InChI=1S/C9H9F2IN2O2/c10-9(11)5-3-14-6(1-7(15)16)8(12)4(5)2-13/h3,9H,1-2,13H2,(H,15,16). The minimum atomic E-state index is -2.65. The lowest BCUT2D eigenvalue weighted by Crippen LogP contribution is -2.12. The smallest absolute Gasteiger partial charge is 0.309 e. The number of aromatic nitrogens is 1. The van der Waals surface area contributed by atoms with Gasteiger partial charge in [-0.25, -0.2) is 8.78 Å². The zero-order valence-electron chi connectivity index (χ0n) is 8.08. The van der Waals surface area contributed by atoms with Crippen LogP contribution in [0.25, 0.3) is 0 Å². The number of carbonyl (C=O) groups is 1. The summed E-state index contributed by atoms with van der Waals surface area (Å²) in [7, 11) is 0. The molecule has 0 saturated carbocycles. The SMILES string of the molecule is NCc1c(C(F)F)cnc(CC(=O)O)c1I. The fourth-order valence-electron chi connectivity index (χ4n) is 1.24. The normalized spacial score (nSPS) is 10.8. The number of nitrogens with two attached hydrogens (primary N) is 1. The molecule has 1 aromatic rings. The van der Waals surface area contributed by atoms with E-state index < -0.39 is 12.4 Å². The van der Waals surface area contributed by atoms with Gasteiger partial charge in [-0.1, -0.05) is 0 Å². The minimum Gasteiger partial charge on any atom is -0.481 e. The molecule has 16 heavy (non-hydrogen) atoms. The van der Waals surface area contributed by atoms with E-state index in [2.05, 4.69) is 4.98 Å². The van der Waals surface area contributed by atoms with E-state index in [-0.39, 0.29) is 29.8 Å². The third-order valence-corrected chi connectivity index (χ3v) is 3.26. The number of rotatable bonds is 4. The number of pyridine rings is 1. The van der Waals surface area contributed by atoms with Crippen LogP contribution in [0.2, 0.25) is 0 Å². The Bertz CT molecular complexity index is 413. The number of carboxylic acids is 1. The van der Waals surface area contributed by atoms with Crippen LogP contribution in [0.1, 0.15) is 23.2 Å². The second-order valence-corrected chi connectivity index (χ2v) is 4.11. The number of aliphatic carboxylic acids is 1. The van der Waals surface area contributed by atoms with Crippen LogP contribution >= 0.6 is 22.6 Å². The second-order valence-electron chi connectivity index (χ2n) is 3.03. The molecule has 0 bridgehead atoms. The summed E-state index contributed by atoms with van der Waals surface area (Å²) >= 11 is 1.79. The lowest BCUT2D eigenvalue weighted by Gasteiger charge is -2.11. The molecule has 0 aromatic carbocycles. The van der Waals surface area contributed by atoms with Crippen LogP contribution in [-0.2, 0) is 17.8 Å². The predicted molar refractivity (Wildman–Crippen MR) is 61.1 cm³/mol. The molecule has 1 rings (SSSR count). The molecular formula is C9H9F2IN2O2. The summed E-state index contributed by atoms with van der Waals surface area (Å²) in [5.74, 6) is -1.06. The molecule has 0 unspecified atom stereocenters. The highest BCUT2D eigenvalue weighted by Crippen LogP contribution is 2.27. The van der Waals surface area contributed by atoms with E-state index in [4.69, 9.17) is 10.8 Å². The van der Waals surface area contributed by atoms with E-state index in [0.717, 1.165) is 6.20 Å². The van der Waals surface area contributed by atoms with Crippen molar-refractivity contribution in [2.75, 3.05) is 0 Å². The number of hydrogen-bond acceptors (Lipinski definition) is 3. The second kappa shape index (κ2) is 5.48. The van der Waals surface area contributed by atoms with Crippen molar-refractivity contribution >= 4 is 28.6 Å². The maximum Gasteiger partial charge on any atom is 0.309 e. The van der Waals surface area contributed by atoms with E-state index in [1.807, 2.05) is 0 Å². The minimum absolute atomic E-state index is 0.0624. The average Bonchev–Trinajstić information content (AvgIpc) is 2.19. The first kappa shape index (κ1) is 13.2. The van der Waals surface area contributed by atoms with Crippen molar-refractivity contribution in [1.29, 1.82) is 0 Å². The van der Waals surface area contributed by atoms with Crippen LogP contribution in [0.15, 0.2) is 6.20 Å². The van der Waals surface area contributed by atoms with Crippen molar-refractivity contribution in [3.05, 3.63) is 26.6 Å². The average molecular weight is 342 g/mol. The van der Waals surface area contributed by atoms with Crippen molar-refractivity contribution in [2.45, 2.75) is 19.4 Å². The van der Waals surface area contributed by atoms with Gasteiger partial charge in [0.25, 0.3) is 6.43 Å². The molecule has 0 aliphatic carbocycles. The molecule has 3 N–H and O–H groups in total. The van der Waals surface area contributed by atoms with Crippen LogP contribution in [0.4, 0.5) is 8.78 Å². The number of alkyl halides is 2. The predicted octanol–water partition coefficient (Wildman–Crippen LogP) is 1.71. The van der Waals surface area contributed by atoms with Crippen molar-refractivity contribution in [3.8, 4) is 0 Å². The zero-order valence-corrected chi connectivity index (χ0v) is 10.2. The quantitative estimate of drug-likeness (QED) is 0.817. The highest BCUT2D eigenvalue weighted by atomic mass is 127. The lowest BCUT2D eigenvalue weighted by atomic mass is 10.1. The maximum absolute atomic E-state index is 12.6. The highest BCUT2D eigenvalue weighted by molar-refractivity contribution is 14.1. The van der Waals surface area contributed by atoms with Gasteiger partial charge in [-0.2, -0.15) is 0 Å². The van der Waals surface area contributed by atoms with E-state index in [0.29, 0.717) is 3.57 Å². The van der Waals surface area contributed by atoms with Gasteiger partial charge in [0.1, 0.15) is 0 Å². The Morgan fingerprint density at radius 3 is 2.69 bits per heavy atom. The summed E-state index contributed by atoms with van der Waals surface area (Å²) in [4.78, 5) is 14.2. The molecule has 0 atom stereocenters. The van der Waals surface area contributed by atoms with Crippen LogP contribution in [-0.4, -0.2) is 16.1 Å². The first-order valence-electron chi connectivity index (χ1n) is 4.33. The first-order chi connectivity index (χ1) is 7.47. The molecule has 0 saturated heterocycles. The van der Waals surface area contributed by atoms with Gasteiger partial charge < -0.3 is 10.8 Å². The van der Waals surface area contributed by atoms with Crippen LogP contribution in [0, 0.1) is 3.57 Å². The topological polar surface area (TPSA) is 76.2 Å². The number of halogens is 3. The van der Waals surface area contributed by atoms with E-state index in [1.54, 1.807) is 22.6 Å². The lowest BCUT2D eigenvalue weighted by molar-refractivity contribution is -0.136. The Labute approximate surface area is 104 Å². The Hall–Kier alpha value is -0.830. The molecule has 0 amide bonds. The fraction of sp³-hybridized carbons (Fsp3) is 0.333. The Morgan fingerprint density at radius 1 is 1.62 bits per heavy atom. The van der Waals surface area contributed by atoms with Crippen molar-refractivity contribution in [2.24, 2.45) is 5.73 Å². The van der Waals surface area contributed by atoms with Crippen molar-refractivity contribution in [3.63, 3.8) is 0 Å². The van der Waals surface area contributed by atoms with Gasteiger partial charge >= 0.3 is 5.97 Å². The third kappa shape index (κ3) is 2.85. The molecule has 0 aliphatic rings. The van der Waals surface area contributed by atoms with Crippen LogP contribution in [0.5, 0.6) is 0 Å². The highest BCUT2D eigenvalue weighted by Gasteiger charge is 2.18. The van der Waals surface area contributed by atoms with Gasteiger partial charge in [-0.3, -0.25) is 9.78 Å². The summed E-state index contributed by atoms with van der Waals surface area (Å²) in [6.07, 6.45) is -1.96. The molecule has 88 valence electrons. The van der Waals surface area contributed by atoms with E-state index >= 15 is 0 Å².